The lowest BCUT2D eigenvalue weighted by Gasteiger charge is -2.20. The first-order valence-corrected chi connectivity index (χ1v) is 9.06. The Balaban J connectivity index is 1.58. The third-order valence-electron chi connectivity index (χ3n) is 5.07. The number of likely N-dealkylation sites (tertiary alicyclic amines) is 1. The van der Waals surface area contributed by atoms with E-state index in [2.05, 4.69) is 34.7 Å². The molecule has 1 aromatic heterocycles. The van der Waals surface area contributed by atoms with Crippen LogP contribution in [0.25, 0.3) is 11.4 Å². The van der Waals surface area contributed by atoms with Gasteiger partial charge in [0.15, 0.2) is 0 Å². The summed E-state index contributed by atoms with van der Waals surface area (Å²) in [6.07, 6.45) is 2.78. The minimum Gasteiger partial charge on any atom is -0.336 e. The van der Waals surface area contributed by atoms with E-state index in [1.807, 2.05) is 29.3 Å². The lowest BCUT2D eigenvalue weighted by molar-refractivity contribution is 0.0787. The largest absolute Gasteiger partial charge is 0.336 e. The van der Waals surface area contributed by atoms with Crippen LogP contribution in [0.4, 0.5) is 0 Å². The average Bonchev–Trinajstić information content (AvgIpc) is 3.34. The van der Waals surface area contributed by atoms with Crippen molar-refractivity contribution in [2.75, 3.05) is 13.1 Å². The number of benzene rings is 2. The van der Waals surface area contributed by atoms with Crippen LogP contribution in [0.3, 0.4) is 0 Å². The predicted molar refractivity (Wildman–Crippen MR) is 103 cm³/mol. The molecule has 2 heterocycles. The Hall–Kier alpha value is -3.39. The van der Waals surface area contributed by atoms with Crippen LogP contribution in [0.1, 0.15) is 34.1 Å². The zero-order valence-corrected chi connectivity index (χ0v) is 15.2. The van der Waals surface area contributed by atoms with Gasteiger partial charge in [-0.3, -0.25) is 4.79 Å². The van der Waals surface area contributed by atoms with Gasteiger partial charge in [0.2, 0.25) is 0 Å². The Morgan fingerprint density at radius 2 is 2.00 bits per heavy atom. The van der Waals surface area contributed by atoms with E-state index in [1.54, 1.807) is 24.3 Å². The van der Waals surface area contributed by atoms with E-state index in [0.29, 0.717) is 24.2 Å². The molecule has 27 heavy (non-hydrogen) atoms. The number of hydrogen-bond donors (Lipinski definition) is 0. The summed E-state index contributed by atoms with van der Waals surface area (Å²) in [6, 6.07) is 19.3. The molecule has 1 aliphatic heterocycles. The minimum absolute atomic E-state index is 0.0198. The summed E-state index contributed by atoms with van der Waals surface area (Å²) in [5.41, 5.74) is 3.26. The monoisotopic (exact) mass is 356 g/mol. The van der Waals surface area contributed by atoms with Gasteiger partial charge >= 0.3 is 0 Å². The van der Waals surface area contributed by atoms with E-state index >= 15 is 0 Å². The Kier molecular flexibility index (Phi) is 4.47. The van der Waals surface area contributed by atoms with Crippen molar-refractivity contribution in [2.24, 2.45) is 0 Å². The summed E-state index contributed by atoms with van der Waals surface area (Å²) in [6.45, 7) is 3.40. The average molecular weight is 356 g/mol. The summed E-state index contributed by atoms with van der Waals surface area (Å²) in [7, 11) is 0. The molecule has 0 radical (unpaired) electrons. The molecule has 1 atom stereocenters. The Labute approximate surface area is 158 Å². The number of carbonyl (C=O) groups excluding carboxylic acids is 1. The molecule has 2 aromatic carbocycles. The van der Waals surface area contributed by atoms with Gasteiger partial charge in [-0.25, -0.2) is 4.98 Å². The molecule has 3 aromatic rings. The van der Waals surface area contributed by atoms with Gasteiger partial charge in [-0.1, -0.05) is 36.4 Å². The SMILES string of the molecule is Cc1cnc(-c2ccccc2)n1C1CCN(C(=O)c2cccc(C#N)c2)C1. The fourth-order valence-electron chi connectivity index (χ4n) is 3.75. The van der Waals surface area contributed by atoms with Crippen LogP contribution in [0.2, 0.25) is 0 Å². The number of nitrogens with zero attached hydrogens (tertiary/aromatic N) is 4. The zero-order valence-electron chi connectivity index (χ0n) is 15.2. The first kappa shape index (κ1) is 17.0. The molecule has 4 rings (SSSR count). The fraction of sp³-hybridized carbons (Fsp3) is 0.227. The van der Waals surface area contributed by atoms with Gasteiger partial charge in [-0.05, 0) is 31.5 Å². The van der Waals surface area contributed by atoms with Crippen molar-refractivity contribution >= 4 is 5.91 Å². The number of hydrogen-bond acceptors (Lipinski definition) is 3. The maximum absolute atomic E-state index is 12.9. The van der Waals surface area contributed by atoms with Gasteiger partial charge in [0.1, 0.15) is 5.82 Å². The van der Waals surface area contributed by atoms with Crippen molar-refractivity contribution < 1.29 is 4.79 Å². The van der Waals surface area contributed by atoms with Crippen molar-refractivity contribution in [3.63, 3.8) is 0 Å². The highest BCUT2D eigenvalue weighted by atomic mass is 16.2. The van der Waals surface area contributed by atoms with Crippen LogP contribution >= 0.6 is 0 Å². The summed E-state index contributed by atoms with van der Waals surface area (Å²) in [5, 5.41) is 9.06. The zero-order chi connectivity index (χ0) is 18.8. The number of nitriles is 1. The van der Waals surface area contributed by atoms with Crippen molar-refractivity contribution in [1.29, 1.82) is 5.26 Å². The third kappa shape index (κ3) is 3.22. The third-order valence-corrected chi connectivity index (χ3v) is 5.07. The molecule has 0 saturated carbocycles. The van der Waals surface area contributed by atoms with Gasteiger partial charge in [0.25, 0.3) is 5.91 Å². The topological polar surface area (TPSA) is 61.9 Å². The Bertz CT molecular complexity index is 1020. The van der Waals surface area contributed by atoms with E-state index in [-0.39, 0.29) is 11.9 Å². The quantitative estimate of drug-likeness (QED) is 0.717. The number of carbonyl (C=O) groups is 1. The molecule has 0 spiro atoms. The first-order valence-electron chi connectivity index (χ1n) is 9.06. The second-order valence-corrected chi connectivity index (χ2v) is 6.85. The lowest BCUT2D eigenvalue weighted by Crippen LogP contribution is -2.29. The molecule has 1 unspecified atom stereocenters. The minimum atomic E-state index is -0.0198. The van der Waals surface area contributed by atoms with Crippen LogP contribution in [-0.4, -0.2) is 33.4 Å². The van der Waals surface area contributed by atoms with E-state index in [9.17, 15) is 4.79 Å². The summed E-state index contributed by atoms with van der Waals surface area (Å²) < 4.78 is 2.24. The molecular formula is C22H20N4O. The fourth-order valence-corrected chi connectivity index (χ4v) is 3.75. The maximum Gasteiger partial charge on any atom is 0.253 e. The molecule has 1 saturated heterocycles. The van der Waals surface area contributed by atoms with Crippen LogP contribution < -0.4 is 0 Å². The van der Waals surface area contributed by atoms with Gasteiger partial charge in [0, 0.05) is 36.1 Å². The van der Waals surface area contributed by atoms with E-state index in [1.165, 1.54) is 0 Å². The summed E-state index contributed by atoms with van der Waals surface area (Å²) >= 11 is 0. The number of aryl methyl sites for hydroxylation is 1. The number of aromatic nitrogens is 2. The van der Waals surface area contributed by atoms with E-state index in [0.717, 1.165) is 23.5 Å². The second kappa shape index (κ2) is 7.08. The molecule has 5 heteroatoms. The van der Waals surface area contributed by atoms with Crippen molar-refractivity contribution in [3.8, 4) is 17.5 Å². The van der Waals surface area contributed by atoms with Crippen LogP contribution in [0.15, 0.2) is 60.8 Å². The number of amides is 1. The molecule has 0 bridgehead atoms. The van der Waals surface area contributed by atoms with Gasteiger partial charge < -0.3 is 9.47 Å². The maximum atomic E-state index is 12.9. The normalized spacial score (nSPS) is 16.3. The molecule has 5 nitrogen and oxygen atoms in total. The van der Waals surface area contributed by atoms with Crippen molar-refractivity contribution in [3.05, 3.63) is 77.6 Å². The van der Waals surface area contributed by atoms with Gasteiger partial charge in [0.05, 0.1) is 17.7 Å². The summed E-state index contributed by atoms with van der Waals surface area (Å²) in [5.74, 6) is 0.924. The highest BCUT2D eigenvalue weighted by Crippen LogP contribution is 2.30. The van der Waals surface area contributed by atoms with Crippen LogP contribution in [0, 0.1) is 18.3 Å². The van der Waals surface area contributed by atoms with Crippen LogP contribution in [0.5, 0.6) is 0 Å². The Morgan fingerprint density at radius 1 is 1.19 bits per heavy atom. The summed E-state index contributed by atoms with van der Waals surface area (Å²) in [4.78, 5) is 19.3. The molecule has 1 amide bonds. The van der Waals surface area contributed by atoms with E-state index in [4.69, 9.17) is 5.26 Å². The smallest absolute Gasteiger partial charge is 0.253 e. The molecule has 1 aliphatic rings. The van der Waals surface area contributed by atoms with Crippen LogP contribution in [-0.2, 0) is 0 Å². The highest BCUT2D eigenvalue weighted by molar-refractivity contribution is 5.94. The number of rotatable bonds is 3. The molecule has 1 fully saturated rings. The van der Waals surface area contributed by atoms with E-state index < -0.39 is 0 Å². The van der Waals surface area contributed by atoms with Crippen molar-refractivity contribution in [1.82, 2.24) is 14.5 Å². The number of imidazole rings is 1. The standard InChI is InChI=1S/C22H20N4O/c1-16-14-24-21(18-7-3-2-4-8-18)26(16)20-10-11-25(15-20)22(27)19-9-5-6-17(12-19)13-23/h2-9,12,14,20H,10-11,15H2,1H3. The van der Waals surface area contributed by atoms with Gasteiger partial charge in [-0.15, -0.1) is 0 Å². The molecule has 134 valence electrons. The Morgan fingerprint density at radius 3 is 2.78 bits per heavy atom. The predicted octanol–water partition coefficient (Wildman–Crippen LogP) is 3.82. The van der Waals surface area contributed by atoms with Gasteiger partial charge in [-0.2, -0.15) is 5.26 Å². The molecule has 0 aliphatic carbocycles. The molecule has 0 N–H and O–H groups in total. The molecular weight excluding hydrogens is 336 g/mol. The lowest BCUT2D eigenvalue weighted by atomic mass is 10.1. The highest BCUT2D eigenvalue weighted by Gasteiger charge is 2.30. The van der Waals surface area contributed by atoms with Crippen molar-refractivity contribution in [2.45, 2.75) is 19.4 Å². The first-order chi connectivity index (χ1) is 13.2. The second-order valence-electron chi connectivity index (χ2n) is 6.85.